The molecule has 1 aromatic rings. The number of nitrogens with one attached hydrogen (secondary N) is 2. The smallest absolute Gasteiger partial charge is 0.414 e. The predicted octanol–water partition coefficient (Wildman–Crippen LogP) is 4.89. The highest BCUT2D eigenvalue weighted by Gasteiger charge is 2.21. The first-order valence-electron chi connectivity index (χ1n) is 9.25. The average molecular weight is 472 g/mol. The molecule has 8 nitrogen and oxygen atoms in total. The normalized spacial score (nSPS) is 11.3. The van der Waals surface area contributed by atoms with Crippen molar-refractivity contribution >= 4 is 39.8 Å². The van der Waals surface area contributed by atoms with Crippen molar-refractivity contribution < 1.29 is 23.8 Å². The molecule has 0 spiro atoms. The Morgan fingerprint density at radius 2 is 1.41 bits per heavy atom. The van der Waals surface area contributed by atoms with Crippen molar-refractivity contribution in [1.82, 2.24) is 10.6 Å². The lowest BCUT2D eigenvalue weighted by molar-refractivity contribution is 0.0545. The van der Waals surface area contributed by atoms with Crippen LogP contribution in [0.15, 0.2) is 29.3 Å². The van der Waals surface area contributed by atoms with Crippen LogP contribution >= 0.6 is 15.9 Å². The van der Waals surface area contributed by atoms with Gasteiger partial charge in [-0.3, -0.25) is 10.6 Å². The summed E-state index contributed by atoms with van der Waals surface area (Å²) in [6.45, 7) is 11.0. The number of alkyl carbamates (subject to hydrolysis) is 2. The fourth-order valence-corrected chi connectivity index (χ4v) is 2.11. The van der Waals surface area contributed by atoms with Crippen molar-refractivity contribution in [3.05, 3.63) is 24.3 Å². The Morgan fingerprint density at radius 1 is 0.931 bits per heavy atom. The summed E-state index contributed by atoms with van der Waals surface area (Å²) < 4.78 is 16.0. The minimum absolute atomic E-state index is 0.110. The first-order chi connectivity index (χ1) is 13.4. The molecule has 0 aromatic heterocycles. The van der Waals surface area contributed by atoms with E-state index in [1.165, 1.54) is 0 Å². The van der Waals surface area contributed by atoms with E-state index in [1.807, 2.05) is 0 Å². The van der Waals surface area contributed by atoms with Gasteiger partial charge in [0.2, 0.25) is 5.96 Å². The fraction of sp³-hybridized carbons (Fsp3) is 0.550. The molecular formula is C20H30BrN3O5. The second-order valence-electron chi connectivity index (χ2n) is 8.10. The van der Waals surface area contributed by atoms with Gasteiger partial charge in [0.05, 0.1) is 12.3 Å². The highest BCUT2D eigenvalue weighted by atomic mass is 79.9. The Morgan fingerprint density at radius 3 is 1.83 bits per heavy atom. The maximum absolute atomic E-state index is 12.1. The number of carbonyl (C=O) groups is 2. The molecule has 2 amide bonds. The number of halogens is 1. The van der Waals surface area contributed by atoms with Gasteiger partial charge in [-0.1, -0.05) is 15.9 Å². The molecule has 0 fully saturated rings. The van der Waals surface area contributed by atoms with Crippen LogP contribution in [-0.4, -0.2) is 41.3 Å². The number of aliphatic imine (C=N–C) groups is 1. The van der Waals surface area contributed by atoms with Crippen LogP contribution in [0.4, 0.5) is 15.3 Å². The Labute approximate surface area is 180 Å². The number of alkyl halides is 1. The number of hydrogen-bond acceptors (Lipinski definition) is 6. The summed E-state index contributed by atoms with van der Waals surface area (Å²) in [5.74, 6) is 0.591. The van der Waals surface area contributed by atoms with Crippen LogP contribution in [0.5, 0.6) is 5.75 Å². The van der Waals surface area contributed by atoms with Gasteiger partial charge in [-0.05, 0) is 72.2 Å². The van der Waals surface area contributed by atoms with Crippen LogP contribution in [-0.2, 0) is 9.47 Å². The SMILES string of the molecule is CC(C)(C)OC(=O)NC(=Nc1ccc(OCCCBr)cc1)NC(=O)OC(C)(C)C. The maximum atomic E-state index is 12.1. The van der Waals surface area contributed by atoms with Crippen LogP contribution in [0, 0.1) is 0 Å². The summed E-state index contributed by atoms with van der Waals surface area (Å²) >= 11 is 3.35. The van der Waals surface area contributed by atoms with Crippen molar-refractivity contribution in [2.75, 3.05) is 11.9 Å². The molecule has 0 aliphatic heterocycles. The van der Waals surface area contributed by atoms with E-state index in [1.54, 1.807) is 65.8 Å². The van der Waals surface area contributed by atoms with E-state index in [2.05, 4.69) is 31.6 Å². The molecular weight excluding hydrogens is 442 g/mol. The van der Waals surface area contributed by atoms with Gasteiger partial charge in [0, 0.05) is 5.33 Å². The molecule has 0 saturated heterocycles. The van der Waals surface area contributed by atoms with E-state index >= 15 is 0 Å². The summed E-state index contributed by atoms with van der Waals surface area (Å²) in [6, 6.07) is 6.92. The monoisotopic (exact) mass is 471 g/mol. The zero-order valence-corrected chi connectivity index (χ0v) is 19.4. The second-order valence-corrected chi connectivity index (χ2v) is 8.89. The number of rotatable bonds is 5. The highest BCUT2D eigenvalue weighted by Crippen LogP contribution is 2.18. The number of amides is 2. The molecule has 0 atom stereocenters. The number of carbonyl (C=O) groups excluding carboxylic acids is 2. The number of ether oxygens (including phenoxy) is 3. The largest absolute Gasteiger partial charge is 0.494 e. The van der Waals surface area contributed by atoms with Crippen LogP contribution < -0.4 is 15.4 Å². The van der Waals surface area contributed by atoms with Crippen LogP contribution in [0.2, 0.25) is 0 Å². The quantitative estimate of drug-likeness (QED) is 0.275. The summed E-state index contributed by atoms with van der Waals surface area (Å²) in [7, 11) is 0. The zero-order valence-electron chi connectivity index (χ0n) is 17.8. The molecule has 1 aromatic carbocycles. The molecule has 2 N–H and O–H groups in total. The topological polar surface area (TPSA) is 98.3 Å². The maximum Gasteiger partial charge on any atom is 0.414 e. The summed E-state index contributed by atoms with van der Waals surface area (Å²) in [5.41, 5.74) is -0.898. The molecule has 0 unspecified atom stereocenters. The Kier molecular flexibility index (Phi) is 9.42. The van der Waals surface area contributed by atoms with E-state index in [0.29, 0.717) is 18.0 Å². The third kappa shape index (κ3) is 12.0. The number of hydrogen-bond donors (Lipinski definition) is 2. The molecule has 0 aliphatic rings. The minimum atomic E-state index is -0.748. The van der Waals surface area contributed by atoms with E-state index in [-0.39, 0.29) is 5.96 Å². The number of nitrogens with zero attached hydrogens (tertiary/aromatic N) is 1. The third-order valence-corrected chi connectivity index (χ3v) is 3.42. The lowest BCUT2D eigenvalue weighted by atomic mass is 10.2. The van der Waals surface area contributed by atoms with Crippen molar-refractivity contribution in [1.29, 1.82) is 0 Å². The van der Waals surface area contributed by atoms with Crippen molar-refractivity contribution in [2.45, 2.75) is 59.2 Å². The summed E-state index contributed by atoms with van der Waals surface area (Å²) in [6.07, 6.45) is -0.604. The highest BCUT2D eigenvalue weighted by molar-refractivity contribution is 9.09. The van der Waals surface area contributed by atoms with Crippen LogP contribution in [0.1, 0.15) is 48.0 Å². The number of benzene rings is 1. The predicted molar refractivity (Wildman–Crippen MR) is 116 cm³/mol. The van der Waals surface area contributed by atoms with Gasteiger partial charge in [0.15, 0.2) is 0 Å². The molecule has 0 radical (unpaired) electrons. The van der Waals surface area contributed by atoms with Crippen molar-refractivity contribution in [3.8, 4) is 5.75 Å². The van der Waals surface area contributed by atoms with Crippen LogP contribution in [0.25, 0.3) is 0 Å². The average Bonchev–Trinajstić information content (AvgIpc) is 2.53. The molecule has 0 saturated carbocycles. The van der Waals surface area contributed by atoms with Gasteiger partial charge < -0.3 is 14.2 Å². The molecule has 29 heavy (non-hydrogen) atoms. The van der Waals surface area contributed by atoms with E-state index < -0.39 is 23.4 Å². The molecule has 1 rings (SSSR count). The number of guanidine groups is 1. The summed E-state index contributed by atoms with van der Waals surface area (Å²) in [5, 5.41) is 5.74. The fourth-order valence-electron chi connectivity index (χ4n) is 1.88. The Hall–Kier alpha value is -2.29. The van der Waals surface area contributed by atoms with Crippen LogP contribution in [0.3, 0.4) is 0 Å². The molecule has 0 heterocycles. The minimum Gasteiger partial charge on any atom is -0.494 e. The van der Waals surface area contributed by atoms with Gasteiger partial charge in [-0.15, -0.1) is 0 Å². The standard InChI is InChI=1S/C20H30BrN3O5/c1-19(2,3)28-17(25)23-16(24-18(26)29-20(4,5)6)22-14-8-10-15(11-9-14)27-13-7-12-21/h8-11H,7,12-13H2,1-6H3,(H2,22,23,24,25,26). The van der Waals surface area contributed by atoms with E-state index in [9.17, 15) is 9.59 Å². The van der Waals surface area contributed by atoms with E-state index in [4.69, 9.17) is 14.2 Å². The van der Waals surface area contributed by atoms with Gasteiger partial charge in [0.1, 0.15) is 17.0 Å². The summed E-state index contributed by atoms with van der Waals surface area (Å²) in [4.78, 5) is 28.5. The zero-order chi connectivity index (χ0) is 22.1. The molecule has 0 aliphatic carbocycles. The van der Waals surface area contributed by atoms with Gasteiger partial charge in [0.25, 0.3) is 0 Å². The Bertz CT molecular complexity index is 674. The van der Waals surface area contributed by atoms with E-state index in [0.717, 1.165) is 11.8 Å². The lowest BCUT2D eigenvalue weighted by Gasteiger charge is -2.22. The first-order valence-corrected chi connectivity index (χ1v) is 10.4. The molecule has 162 valence electrons. The second kappa shape index (κ2) is 11.0. The third-order valence-electron chi connectivity index (χ3n) is 2.86. The van der Waals surface area contributed by atoms with Crippen molar-refractivity contribution in [2.24, 2.45) is 4.99 Å². The molecule has 0 bridgehead atoms. The lowest BCUT2D eigenvalue weighted by Crippen LogP contribution is -2.47. The Balaban J connectivity index is 2.93. The van der Waals surface area contributed by atoms with Crippen molar-refractivity contribution in [3.63, 3.8) is 0 Å². The van der Waals surface area contributed by atoms with Gasteiger partial charge in [-0.25, -0.2) is 14.6 Å². The van der Waals surface area contributed by atoms with Gasteiger partial charge in [-0.2, -0.15) is 0 Å². The van der Waals surface area contributed by atoms with Gasteiger partial charge >= 0.3 is 12.2 Å². The molecule has 9 heteroatoms. The first kappa shape index (κ1) is 24.7.